The summed E-state index contributed by atoms with van der Waals surface area (Å²) in [7, 11) is 0. The Morgan fingerprint density at radius 2 is 1.61 bits per heavy atom. The number of aromatic amines is 1. The zero-order chi connectivity index (χ0) is 15.6. The normalized spacial score (nSPS) is 10.8. The van der Waals surface area contributed by atoms with Crippen molar-refractivity contribution in [2.24, 2.45) is 0 Å². The molecule has 0 saturated heterocycles. The van der Waals surface area contributed by atoms with E-state index < -0.39 is 0 Å². The van der Waals surface area contributed by atoms with E-state index in [0.29, 0.717) is 0 Å². The number of rotatable bonds is 2. The second-order valence-corrected chi connectivity index (χ2v) is 5.27. The number of aromatic nitrogens is 3. The molecule has 0 spiro atoms. The molecule has 3 aromatic heterocycles. The smallest absolute Gasteiger partial charge is 0.248 e. The van der Waals surface area contributed by atoms with Crippen LogP contribution in [0.4, 0.5) is 0 Å². The highest BCUT2D eigenvalue weighted by atomic mass is 16.1. The van der Waals surface area contributed by atoms with Crippen LogP contribution >= 0.6 is 0 Å². The highest BCUT2D eigenvalue weighted by Gasteiger charge is 2.07. The van der Waals surface area contributed by atoms with Crippen molar-refractivity contribution in [3.8, 4) is 22.3 Å². The first kappa shape index (κ1) is 13.4. The lowest BCUT2D eigenvalue weighted by Gasteiger charge is -2.08. The number of fused-ring (bicyclic) bond motifs is 1. The van der Waals surface area contributed by atoms with Crippen LogP contribution in [-0.4, -0.2) is 15.0 Å². The highest BCUT2D eigenvalue weighted by molar-refractivity contribution is 5.96. The second-order valence-electron chi connectivity index (χ2n) is 5.27. The standard InChI is InChI=1S/C19H13N3O/c23-19-12-15(5-9-22-19)14-1-2-18-17(11-14)16(6-10-21-18)13-3-7-20-8-4-13/h1-12H,(H,22,23). The maximum Gasteiger partial charge on any atom is 0.248 e. The molecule has 0 amide bonds. The fraction of sp³-hybridized carbons (Fsp3) is 0. The van der Waals surface area contributed by atoms with E-state index in [9.17, 15) is 4.79 Å². The molecule has 0 bridgehead atoms. The van der Waals surface area contributed by atoms with Gasteiger partial charge in [0.2, 0.25) is 5.56 Å². The molecule has 0 saturated carbocycles. The Morgan fingerprint density at radius 1 is 0.783 bits per heavy atom. The van der Waals surface area contributed by atoms with Crippen molar-refractivity contribution < 1.29 is 0 Å². The maximum absolute atomic E-state index is 11.5. The molecule has 0 radical (unpaired) electrons. The Hall–Kier alpha value is -3.27. The molecule has 1 aromatic carbocycles. The Labute approximate surface area is 132 Å². The van der Waals surface area contributed by atoms with Crippen molar-refractivity contribution in [3.63, 3.8) is 0 Å². The predicted molar refractivity (Wildman–Crippen MR) is 91.0 cm³/mol. The number of hydrogen-bond acceptors (Lipinski definition) is 3. The Morgan fingerprint density at radius 3 is 2.43 bits per heavy atom. The molecule has 0 aliphatic rings. The molecular formula is C19H13N3O. The zero-order valence-electron chi connectivity index (χ0n) is 12.2. The molecular weight excluding hydrogens is 286 g/mol. The van der Waals surface area contributed by atoms with Gasteiger partial charge in [-0.2, -0.15) is 0 Å². The molecule has 4 aromatic rings. The highest BCUT2D eigenvalue weighted by Crippen LogP contribution is 2.30. The second kappa shape index (κ2) is 5.50. The average Bonchev–Trinajstić information content (AvgIpc) is 2.61. The van der Waals surface area contributed by atoms with Gasteiger partial charge in [-0.3, -0.25) is 14.8 Å². The van der Waals surface area contributed by atoms with E-state index in [-0.39, 0.29) is 5.56 Å². The van der Waals surface area contributed by atoms with Gasteiger partial charge in [0.25, 0.3) is 0 Å². The predicted octanol–water partition coefficient (Wildman–Crippen LogP) is 3.65. The van der Waals surface area contributed by atoms with Gasteiger partial charge < -0.3 is 4.98 Å². The fourth-order valence-corrected chi connectivity index (χ4v) is 2.73. The van der Waals surface area contributed by atoms with Crippen LogP contribution in [0.5, 0.6) is 0 Å². The van der Waals surface area contributed by atoms with Crippen molar-refractivity contribution in [2.45, 2.75) is 0 Å². The molecule has 4 nitrogen and oxygen atoms in total. The summed E-state index contributed by atoms with van der Waals surface area (Å²) >= 11 is 0. The SMILES string of the molecule is O=c1cc(-c2ccc3nccc(-c4ccncc4)c3c2)cc[nH]1. The Bertz CT molecular complexity index is 1040. The summed E-state index contributed by atoms with van der Waals surface area (Å²) in [4.78, 5) is 22.7. The zero-order valence-corrected chi connectivity index (χ0v) is 12.2. The molecule has 3 heterocycles. The lowest BCUT2D eigenvalue weighted by molar-refractivity contribution is 1.24. The van der Waals surface area contributed by atoms with Crippen LogP contribution in [0.1, 0.15) is 0 Å². The monoisotopic (exact) mass is 299 g/mol. The van der Waals surface area contributed by atoms with Crippen molar-refractivity contribution in [1.29, 1.82) is 0 Å². The van der Waals surface area contributed by atoms with Crippen LogP contribution in [-0.2, 0) is 0 Å². The molecule has 110 valence electrons. The van der Waals surface area contributed by atoms with Gasteiger partial charge in [-0.15, -0.1) is 0 Å². The molecule has 1 N–H and O–H groups in total. The molecule has 0 unspecified atom stereocenters. The van der Waals surface area contributed by atoms with Crippen LogP contribution in [0, 0.1) is 0 Å². The number of pyridine rings is 3. The van der Waals surface area contributed by atoms with Crippen LogP contribution in [0.3, 0.4) is 0 Å². The topological polar surface area (TPSA) is 58.6 Å². The fourth-order valence-electron chi connectivity index (χ4n) is 2.73. The van der Waals surface area contributed by atoms with Crippen molar-refractivity contribution in [1.82, 2.24) is 15.0 Å². The van der Waals surface area contributed by atoms with E-state index in [1.165, 1.54) is 0 Å². The van der Waals surface area contributed by atoms with Gasteiger partial charge in [-0.1, -0.05) is 6.07 Å². The number of nitrogens with one attached hydrogen (secondary N) is 1. The lowest BCUT2D eigenvalue weighted by atomic mass is 9.98. The van der Waals surface area contributed by atoms with Crippen molar-refractivity contribution in [2.75, 3.05) is 0 Å². The minimum absolute atomic E-state index is 0.108. The third kappa shape index (κ3) is 2.51. The minimum atomic E-state index is -0.108. The first-order chi connectivity index (χ1) is 11.3. The number of H-pyrrole nitrogens is 1. The summed E-state index contributed by atoms with van der Waals surface area (Å²) < 4.78 is 0. The van der Waals surface area contributed by atoms with Gasteiger partial charge in [0, 0.05) is 36.2 Å². The lowest BCUT2D eigenvalue weighted by Crippen LogP contribution is -2.01. The quantitative estimate of drug-likeness (QED) is 0.614. The summed E-state index contributed by atoms with van der Waals surface area (Å²) in [6.45, 7) is 0. The van der Waals surface area contributed by atoms with Crippen molar-refractivity contribution >= 4 is 10.9 Å². The van der Waals surface area contributed by atoms with E-state index in [4.69, 9.17) is 0 Å². The van der Waals surface area contributed by atoms with Gasteiger partial charge in [-0.05, 0) is 58.7 Å². The molecule has 0 fully saturated rings. The van der Waals surface area contributed by atoms with Gasteiger partial charge in [0.05, 0.1) is 5.52 Å². The molecule has 4 rings (SSSR count). The van der Waals surface area contributed by atoms with Gasteiger partial charge in [0.1, 0.15) is 0 Å². The van der Waals surface area contributed by atoms with Gasteiger partial charge >= 0.3 is 0 Å². The molecule has 0 atom stereocenters. The number of nitrogens with zero attached hydrogens (tertiary/aromatic N) is 2. The van der Waals surface area contributed by atoms with Crippen LogP contribution < -0.4 is 5.56 Å². The van der Waals surface area contributed by atoms with Crippen LogP contribution in [0.15, 0.2) is 78.1 Å². The van der Waals surface area contributed by atoms with Crippen LogP contribution in [0.2, 0.25) is 0 Å². The molecule has 0 aliphatic carbocycles. The summed E-state index contributed by atoms with van der Waals surface area (Å²) in [5, 5.41) is 1.05. The summed E-state index contributed by atoms with van der Waals surface area (Å²) in [6.07, 6.45) is 7.03. The van der Waals surface area contributed by atoms with Crippen LogP contribution in [0.25, 0.3) is 33.2 Å². The maximum atomic E-state index is 11.5. The Balaban J connectivity index is 1.96. The first-order valence-electron chi connectivity index (χ1n) is 7.29. The average molecular weight is 299 g/mol. The number of hydrogen-bond donors (Lipinski definition) is 1. The Kier molecular flexibility index (Phi) is 3.20. The summed E-state index contributed by atoms with van der Waals surface area (Å²) in [5.74, 6) is 0. The largest absolute Gasteiger partial charge is 0.329 e. The van der Waals surface area contributed by atoms with E-state index in [1.807, 2.05) is 42.6 Å². The first-order valence-corrected chi connectivity index (χ1v) is 7.29. The van der Waals surface area contributed by atoms with Crippen molar-refractivity contribution in [3.05, 3.63) is 83.7 Å². The third-order valence-corrected chi connectivity index (χ3v) is 3.84. The van der Waals surface area contributed by atoms with E-state index in [0.717, 1.165) is 33.2 Å². The molecule has 0 aliphatic heterocycles. The number of benzene rings is 1. The van der Waals surface area contributed by atoms with E-state index >= 15 is 0 Å². The van der Waals surface area contributed by atoms with Gasteiger partial charge in [-0.25, -0.2) is 0 Å². The third-order valence-electron chi connectivity index (χ3n) is 3.84. The molecule has 23 heavy (non-hydrogen) atoms. The summed E-state index contributed by atoms with van der Waals surface area (Å²) in [6, 6.07) is 15.5. The molecule has 4 heteroatoms. The van der Waals surface area contributed by atoms with Gasteiger partial charge in [0.15, 0.2) is 0 Å². The summed E-state index contributed by atoms with van der Waals surface area (Å²) in [5.41, 5.74) is 4.89. The van der Waals surface area contributed by atoms with E-state index in [1.54, 1.807) is 24.7 Å². The minimum Gasteiger partial charge on any atom is -0.329 e. The van der Waals surface area contributed by atoms with E-state index in [2.05, 4.69) is 21.0 Å².